The molecule has 1 fully saturated rings. The quantitative estimate of drug-likeness (QED) is 0.494. The largest absolute Gasteiger partial charge is 0.396 e. The van der Waals surface area contributed by atoms with Crippen molar-refractivity contribution in [3.8, 4) is 6.07 Å². The molecular weight excluding hydrogens is 254 g/mol. The van der Waals surface area contributed by atoms with Crippen LogP contribution in [0.1, 0.15) is 57.8 Å². The zero-order valence-electron chi connectivity index (χ0n) is 12.2. The molecule has 0 spiro atoms. The van der Waals surface area contributed by atoms with Crippen molar-refractivity contribution in [2.75, 3.05) is 13.2 Å². The van der Waals surface area contributed by atoms with Crippen LogP contribution < -0.4 is 10.6 Å². The maximum absolute atomic E-state index is 11.8. The first kappa shape index (κ1) is 16.8. The molecule has 2 amide bonds. The lowest BCUT2D eigenvalue weighted by Gasteiger charge is -2.26. The highest BCUT2D eigenvalue weighted by molar-refractivity contribution is 5.74. The van der Waals surface area contributed by atoms with E-state index in [1.54, 1.807) is 0 Å². The van der Waals surface area contributed by atoms with Crippen molar-refractivity contribution in [1.82, 2.24) is 10.6 Å². The van der Waals surface area contributed by atoms with Crippen LogP contribution in [0.4, 0.5) is 4.79 Å². The molecule has 5 heteroatoms. The van der Waals surface area contributed by atoms with Crippen LogP contribution in [0.15, 0.2) is 0 Å². The minimum absolute atomic E-state index is 0.0640. The molecule has 1 atom stereocenters. The lowest BCUT2D eigenvalue weighted by atomic mass is 9.90. The van der Waals surface area contributed by atoms with Gasteiger partial charge in [-0.05, 0) is 31.6 Å². The number of carbonyl (C=O) groups excluding carboxylic acids is 1. The summed E-state index contributed by atoms with van der Waals surface area (Å²) in [6, 6.07) is 1.95. The number of nitriles is 1. The topological polar surface area (TPSA) is 85.2 Å². The van der Waals surface area contributed by atoms with Gasteiger partial charge in [-0.3, -0.25) is 0 Å². The van der Waals surface area contributed by atoms with Crippen LogP contribution in [0.5, 0.6) is 0 Å². The smallest absolute Gasteiger partial charge is 0.315 e. The predicted molar refractivity (Wildman–Crippen MR) is 78.1 cm³/mol. The molecule has 0 radical (unpaired) electrons. The second-order valence-corrected chi connectivity index (χ2v) is 5.53. The molecule has 20 heavy (non-hydrogen) atoms. The van der Waals surface area contributed by atoms with E-state index in [0.29, 0.717) is 31.7 Å². The number of unbranched alkanes of at least 4 members (excludes halogenated alkanes) is 1. The van der Waals surface area contributed by atoms with Gasteiger partial charge in [0.2, 0.25) is 0 Å². The van der Waals surface area contributed by atoms with Crippen molar-refractivity contribution in [3.63, 3.8) is 0 Å². The molecule has 5 nitrogen and oxygen atoms in total. The molecule has 1 saturated carbocycles. The average molecular weight is 281 g/mol. The van der Waals surface area contributed by atoms with E-state index in [4.69, 9.17) is 5.26 Å². The summed E-state index contributed by atoms with van der Waals surface area (Å²) < 4.78 is 0. The van der Waals surface area contributed by atoms with Crippen LogP contribution in [-0.4, -0.2) is 30.3 Å². The number of hydrogen-bond donors (Lipinski definition) is 3. The number of hydrogen-bond acceptors (Lipinski definition) is 3. The highest BCUT2D eigenvalue weighted by atomic mass is 16.3. The second-order valence-electron chi connectivity index (χ2n) is 5.53. The Balaban J connectivity index is 2.36. The van der Waals surface area contributed by atoms with E-state index in [0.717, 1.165) is 12.8 Å². The van der Waals surface area contributed by atoms with Crippen molar-refractivity contribution in [2.24, 2.45) is 5.92 Å². The van der Waals surface area contributed by atoms with E-state index in [9.17, 15) is 9.90 Å². The van der Waals surface area contributed by atoms with Gasteiger partial charge in [0.25, 0.3) is 0 Å². The molecular formula is C15H27N3O2. The van der Waals surface area contributed by atoms with Gasteiger partial charge in [0, 0.05) is 25.6 Å². The third kappa shape index (κ3) is 6.76. The summed E-state index contributed by atoms with van der Waals surface area (Å²) in [6.45, 7) is 0.631. The van der Waals surface area contributed by atoms with Crippen molar-refractivity contribution in [1.29, 1.82) is 5.26 Å². The van der Waals surface area contributed by atoms with Crippen molar-refractivity contribution >= 4 is 6.03 Å². The van der Waals surface area contributed by atoms with Gasteiger partial charge in [-0.15, -0.1) is 0 Å². The number of rotatable bonds is 7. The molecule has 114 valence electrons. The lowest BCUT2D eigenvalue weighted by Crippen LogP contribution is -2.46. The van der Waals surface area contributed by atoms with Crippen molar-refractivity contribution in [2.45, 2.75) is 63.8 Å². The molecule has 0 heterocycles. The van der Waals surface area contributed by atoms with Crippen molar-refractivity contribution in [3.05, 3.63) is 0 Å². The summed E-state index contributed by atoms with van der Waals surface area (Å²) in [4.78, 5) is 11.8. The summed E-state index contributed by atoms with van der Waals surface area (Å²) in [5.74, 6) is 0.481. The Morgan fingerprint density at radius 3 is 2.60 bits per heavy atom. The zero-order valence-corrected chi connectivity index (χ0v) is 12.2. The number of aliphatic hydroxyl groups excluding tert-OH is 1. The molecule has 0 aromatic carbocycles. The lowest BCUT2D eigenvalue weighted by molar-refractivity contribution is 0.208. The van der Waals surface area contributed by atoms with E-state index in [2.05, 4.69) is 16.7 Å². The van der Waals surface area contributed by atoms with Gasteiger partial charge in [0.15, 0.2) is 0 Å². The summed E-state index contributed by atoms with van der Waals surface area (Å²) in [5.41, 5.74) is 0. The number of nitrogens with zero attached hydrogens (tertiary/aromatic N) is 1. The van der Waals surface area contributed by atoms with E-state index >= 15 is 0 Å². The zero-order chi connectivity index (χ0) is 14.6. The highest BCUT2D eigenvalue weighted by Crippen LogP contribution is 2.26. The number of amides is 2. The average Bonchev–Trinajstić information content (AvgIpc) is 2.72. The Hall–Kier alpha value is -1.28. The Bertz CT molecular complexity index is 307. The fraction of sp³-hybridized carbons (Fsp3) is 0.867. The van der Waals surface area contributed by atoms with Gasteiger partial charge in [0.1, 0.15) is 0 Å². The van der Waals surface area contributed by atoms with E-state index in [1.807, 2.05) is 0 Å². The van der Waals surface area contributed by atoms with Gasteiger partial charge >= 0.3 is 6.03 Å². The maximum atomic E-state index is 11.8. The van der Waals surface area contributed by atoms with Crippen LogP contribution in [0.3, 0.4) is 0 Å². The molecule has 1 aliphatic rings. The number of carbonyl (C=O) groups is 1. The summed E-state index contributed by atoms with van der Waals surface area (Å²) in [6.07, 6.45) is 9.04. The molecule has 0 aromatic rings. The summed E-state index contributed by atoms with van der Waals surface area (Å²) in [7, 11) is 0. The third-order valence-electron chi connectivity index (χ3n) is 3.98. The highest BCUT2D eigenvalue weighted by Gasteiger charge is 2.23. The molecule has 0 bridgehead atoms. The summed E-state index contributed by atoms with van der Waals surface area (Å²) in [5, 5.41) is 23.4. The monoisotopic (exact) mass is 281 g/mol. The Labute approximate surface area is 121 Å². The Morgan fingerprint density at radius 1 is 1.30 bits per heavy atom. The molecule has 0 saturated heterocycles. The van der Waals surface area contributed by atoms with Crippen LogP contribution >= 0.6 is 0 Å². The number of urea groups is 1. The fourth-order valence-electron chi connectivity index (χ4n) is 2.87. The number of aliphatic hydroxyl groups is 1. The minimum Gasteiger partial charge on any atom is -0.396 e. The normalized spacial score (nSPS) is 17.8. The van der Waals surface area contributed by atoms with Crippen LogP contribution in [0, 0.1) is 17.2 Å². The molecule has 1 aliphatic carbocycles. The molecule has 0 aromatic heterocycles. The molecule has 1 rings (SSSR count). The molecule has 3 N–H and O–H groups in total. The minimum atomic E-state index is -0.175. The number of nitrogens with one attached hydrogen (secondary N) is 2. The van der Waals surface area contributed by atoms with Gasteiger partial charge in [-0.1, -0.05) is 25.7 Å². The van der Waals surface area contributed by atoms with Gasteiger partial charge in [0.05, 0.1) is 6.07 Å². The molecule has 0 aliphatic heterocycles. The summed E-state index contributed by atoms with van der Waals surface area (Å²) >= 11 is 0. The standard InChI is InChI=1S/C15H27N3O2/c16-10-5-6-11-17-15(20)18-14(9-12-19)13-7-3-1-2-4-8-13/h13-14,19H,1-9,11-12H2,(H2,17,18,20). The second kappa shape index (κ2) is 10.5. The first-order valence-corrected chi connectivity index (χ1v) is 7.80. The van der Waals surface area contributed by atoms with Gasteiger partial charge < -0.3 is 15.7 Å². The van der Waals surface area contributed by atoms with Crippen LogP contribution in [0.25, 0.3) is 0 Å². The van der Waals surface area contributed by atoms with Gasteiger partial charge in [-0.25, -0.2) is 4.79 Å². The van der Waals surface area contributed by atoms with Gasteiger partial charge in [-0.2, -0.15) is 5.26 Å². The molecule has 1 unspecified atom stereocenters. The Morgan fingerprint density at radius 2 is 2.00 bits per heavy atom. The maximum Gasteiger partial charge on any atom is 0.315 e. The van der Waals surface area contributed by atoms with Crippen LogP contribution in [-0.2, 0) is 0 Å². The first-order chi connectivity index (χ1) is 9.77. The van der Waals surface area contributed by atoms with Crippen LogP contribution in [0.2, 0.25) is 0 Å². The third-order valence-corrected chi connectivity index (χ3v) is 3.98. The van der Waals surface area contributed by atoms with E-state index < -0.39 is 0 Å². The van der Waals surface area contributed by atoms with Crippen molar-refractivity contribution < 1.29 is 9.90 Å². The Kier molecular flexibility index (Phi) is 8.81. The fourth-order valence-corrected chi connectivity index (χ4v) is 2.87. The van der Waals surface area contributed by atoms with E-state index in [-0.39, 0.29) is 18.7 Å². The first-order valence-electron chi connectivity index (χ1n) is 7.80. The SMILES string of the molecule is N#CCCCNC(=O)NC(CCO)C1CCCCCC1. The predicted octanol–water partition coefficient (Wildman–Crippen LogP) is 2.31. The van der Waals surface area contributed by atoms with E-state index in [1.165, 1.54) is 25.7 Å².